The fourth-order valence-electron chi connectivity index (χ4n) is 2.84. The lowest BCUT2D eigenvalue weighted by Gasteiger charge is -2.14. The minimum absolute atomic E-state index is 0.00441. The molecule has 0 radical (unpaired) electrons. The molecular formula is C20H21FN4O2S. The number of hydrogen-bond acceptors (Lipinski definition) is 5. The van der Waals surface area contributed by atoms with Crippen molar-refractivity contribution in [3.05, 3.63) is 60.7 Å². The minimum atomic E-state index is -3.50. The zero-order valence-electron chi connectivity index (χ0n) is 15.6. The van der Waals surface area contributed by atoms with Crippen LogP contribution >= 0.6 is 0 Å². The first-order valence-electron chi connectivity index (χ1n) is 8.72. The van der Waals surface area contributed by atoms with Gasteiger partial charge in [0.05, 0.1) is 29.5 Å². The maximum Gasteiger partial charge on any atom is 0.232 e. The van der Waals surface area contributed by atoms with Gasteiger partial charge in [-0.2, -0.15) is 0 Å². The van der Waals surface area contributed by atoms with Crippen molar-refractivity contribution in [1.29, 1.82) is 0 Å². The molecule has 8 heteroatoms. The second-order valence-electron chi connectivity index (χ2n) is 6.84. The van der Waals surface area contributed by atoms with E-state index in [1.54, 1.807) is 36.4 Å². The third kappa shape index (κ3) is 4.64. The molecule has 1 aromatic heterocycles. The number of hydrogen-bond donors (Lipinski definition) is 2. The highest BCUT2D eigenvalue weighted by molar-refractivity contribution is 7.92. The van der Waals surface area contributed by atoms with Gasteiger partial charge in [-0.3, -0.25) is 9.71 Å². The summed E-state index contributed by atoms with van der Waals surface area (Å²) >= 11 is 0. The quantitative estimate of drug-likeness (QED) is 0.653. The SMILES string of the molecule is CC(C)CS(=O)(=O)Nc1ccccc1-c1ccc(-c2cnc(N)cn2)c(F)c1. The highest BCUT2D eigenvalue weighted by Crippen LogP contribution is 2.32. The number of nitrogens with two attached hydrogens (primary N) is 1. The van der Waals surface area contributed by atoms with E-state index < -0.39 is 15.8 Å². The summed E-state index contributed by atoms with van der Waals surface area (Å²) < 4.78 is 42.0. The zero-order valence-corrected chi connectivity index (χ0v) is 16.4. The monoisotopic (exact) mass is 400 g/mol. The summed E-state index contributed by atoms with van der Waals surface area (Å²) in [6.07, 6.45) is 2.77. The number of para-hydroxylation sites is 1. The summed E-state index contributed by atoms with van der Waals surface area (Å²) in [5.74, 6) is -0.244. The Morgan fingerprint density at radius 3 is 2.46 bits per heavy atom. The van der Waals surface area contributed by atoms with E-state index in [4.69, 9.17) is 5.73 Å². The molecule has 0 bridgehead atoms. The van der Waals surface area contributed by atoms with Crippen molar-refractivity contribution < 1.29 is 12.8 Å². The number of rotatable bonds is 6. The van der Waals surface area contributed by atoms with Crippen LogP contribution in [-0.2, 0) is 10.0 Å². The van der Waals surface area contributed by atoms with Crippen LogP contribution in [0.15, 0.2) is 54.9 Å². The molecule has 2 aromatic carbocycles. The van der Waals surface area contributed by atoms with Gasteiger partial charge in [-0.05, 0) is 29.7 Å². The lowest BCUT2D eigenvalue weighted by atomic mass is 10.0. The molecule has 6 nitrogen and oxygen atoms in total. The lowest BCUT2D eigenvalue weighted by Crippen LogP contribution is -2.20. The average Bonchev–Trinajstić information content (AvgIpc) is 2.61. The summed E-state index contributed by atoms with van der Waals surface area (Å²) in [7, 11) is -3.50. The van der Waals surface area contributed by atoms with Gasteiger partial charge < -0.3 is 5.73 Å². The molecule has 0 aliphatic rings. The van der Waals surface area contributed by atoms with E-state index in [-0.39, 0.29) is 23.1 Å². The Hall–Kier alpha value is -3.00. The summed E-state index contributed by atoms with van der Waals surface area (Å²) in [4.78, 5) is 8.01. The van der Waals surface area contributed by atoms with E-state index in [1.165, 1.54) is 18.5 Å². The van der Waals surface area contributed by atoms with Crippen LogP contribution < -0.4 is 10.5 Å². The van der Waals surface area contributed by atoms with Crippen LogP contribution in [0.5, 0.6) is 0 Å². The average molecular weight is 400 g/mol. The number of aromatic nitrogens is 2. The van der Waals surface area contributed by atoms with Crippen molar-refractivity contribution in [2.24, 2.45) is 5.92 Å². The Bertz CT molecular complexity index is 1080. The maximum atomic E-state index is 14.7. The molecule has 0 aliphatic heterocycles. The van der Waals surface area contributed by atoms with E-state index >= 15 is 0 Å². The molecule has 3 rings (SSSR count). The lowest BCUT2D eigenvalue weighted by molar-refractivity contribution is 0.587. The van der Waals surface area contributed by atoms with E-state index in [1.807, 2.05) is 13.8 Å². The first kappa shape index (κ1) is 19.8. The van der Waals surface area contributed by atoms with Crippen molar-refractivity contribution in [3.8, 4) is 22.4 Å². The molecule has 0 spiro atoms. The summed E-state index contributed by atoms with van der Waals surface area (Å²) in [5.41, 5.74) is 7.71. The molecule has 0 fully saturated rings. The van der Waals surface area contributed by atoms with Crippen LogP contribution in [0.3, 0.4) is 0 Å². The van der Waals surface area contributed by atoms with E-state index in [2.05, 4.69) is 14.7 Å². The van der Waals surface area contributed by atoms with Gasteiger partial charge in [-0.1, -0.05) is 38.1 Å². The largest absolute Gasteiger partial charge is 0.382 e. The van der Waals surface area contributed by atoms with Crippen LogP contribution in [-0.4, -0.2) is 24.1 Å². The number of nitrogens with one attached hydrogen (secondary N) is 1. The number of benzene rings is 2. The molecule has 146 valence electrons. The van der Waals surface area contributed by atoms with Gasteiger partial charge in [0.25, 0.3) is 0 Å². The van der Waals surface area contributed by atoms with Crippen molar-refractivity contribution in [1.82, 2.24) is 9.97 Å². The van der Waals surface area contributed by atoms with Gasteiger partial charge in [-0.15, -0.1) is 0 Å². The van der Waals surface area contributed by atoms with Gasteiger partial charge in [0.1, 0.15) is 11.6 Å². The summed E-state index contributed by atoms with van der Waals surface area (Å²) in [6.45, 7) is 3.67. The Labute approximate surface area is 163 Å². The summed E-state index contributed by atoms with van der Waals surface area (Å²) in [6, 6.07) is 11.5. The van der Waals surface area contributed by atoms with Gasteiger partial charge >= 0.3 is 0 Å². The maximum absolute atomic E-state index is 14.7. The van der Waals surface area contributed by atoms with Crippen LogP contribution in [0.2, 0.25) is 0 Å². The zero-order chi connectivity index (χ0) is 20.3. The van der Waals surface area contributed by atoms with Gasteiger partial charge in [0.15, 0.2) is 0 Å². The normalized spacial score (nSPS) is 11.6. The molecule has 0 atom stereocenters. The number of nitrogen functional groups attached to an aromatic ring is 1. The van der Waals surface area contributed by atoms with Crippen molar-refractivity contribution in [2.45, 2.75) is 13.8 Å². The molecule has 0 amide bonds. The Balaban J connectivity index is 1.96. The Kier molecular flexibility index (Phi) is 5.60. The van der Waals surface area contributed by atoms with Crippen LogP contribution in [0, 0.1) is 11.7 Å². The van der Waals surface area contributed by atoms with E-state index in [0.717, 1.165) is 0 Å². The van der Waals surface area contributed by atoms with Crippen molar-refractivity contribution in [2.75, 3.05) is 16.2 Å². The smallest absolute Gasteiger partial charge is 0.232 e. The van der Waals surface area contributed by atoms with Gasteiger partial charge in [0.2, 0.25) is 10.0 Å². The number of nitrogens with zero attached hydrogens (tertiary/aromatic N) is 2. The molecule has 1 heterocycles. The number of anilines is 2. The van der Waals surface area contributed by atoms with Crippen molar-refractivity contribution >= 4 is 21.5 Å². The Morgan fingerprint density at radius 2 is 1.82 bits per heavy atom. The third-order valence-corrected chi connectivity index (χ3v) is 5.61. The molecule has 0 saturated heterocycles. The highest BCUT2D eigenvalue weighted by atomic mass is 32.2. The third-order valence-electron chi connectivity index (χ3n) is 3.97. The molecule has 28 heavy (non-hydrogen) atoms. The van der Waals surface area contributed by atoms with Crippen LogP contribution in [0.4, 0.5) is 15.9 Å². The molecule has 0 aliphatic carbocycles. The van der Waals surface area contributed by atoms with Gasteiger partial charge in [0, 0.05) is 11.1 Å². The minimum Gasteiger partial charge on any atom is -0.382 e. The molecule has 3 N–H and O–H groups in total. The van der Waals surface area contributed by atoms with E-state index in [9.17, 15) is 12.8 Å². The van der Waals surface area contributed by atoms with E-state index in [0.29, 0.717) is 22.5 Å². The predicted octanol–water partition coefficient (Wildman–Crippen LogP) is 3.93. The Morgan fingerprint density at radius 1 is 1.07 bits per heavy atom. The standard InChI is InChI=1S/C20H21FN4O2S/c1-13(2)12-28(26,27)25-18-6-4-3-5-15(18)14-7-8-16(17(21)9-14)19-10-24-20(22)11-23-19/h3-11,13,25H,12H2,1-2H3,(H2,22,24). The molecular weight excluding hydrogens is 379 g/mol. The number of sulfonamides is 1. The highest BCUT2D eigenvalue weighted by Gasteiger charge is 2.16. The number of halogens is 1. The molecule has 0 unspecified atom stereocenters. The van der Waals surface area contributed by atoms with Gasteiger partial charge in [-0.25, -0.2) is 17.8 Å². The first-order chi connectivity index (χ1) is 13.2. The topological polar surface area (TPSA) is 98.0 Å². The van der Waals surface area contributed by atoms with Crippen LogP contribution in [0.25, 0.3) is 22.4 Å². The fourth-order valence-corrected chi connectivity index (χ4v) is 4.31. The van der Waals surface area contributed by atoms with Crippen LogP contribution in [0.1, 0.15) is 13.8 Å². The fraction of sp³-hybridized carbons (Fsp3) is 0.200. The molecule has 3 aromatic rings. The second-order valence-corrected chi connectivity index (χ2v) is 8.61. The molecule has 0 saturated carbocycles. The van der Waals surface area contributed by atoms with Crippen molar-refractivity contribution in [3.63, 3.8) is 0 Å². The predicted molar refractivity (Wildman–Crippen MR) is 110 cm³/mol. The first-order valence-corrected chi connectivity index (χ1v) is 10.4. The second kappa shape index (κ2) is 7.93. The summed E-state index contributed by atoms with van der Waals surface area (Å²) in [5, 5.41) is 0.